The third-order valence-corrected chi connectivity index (χ3v) is 9.47. The second-order valence-corrected chi connectivity index (χ2v) is 12.2. The number of halogens is 3. The highest BCUT2D eigenvalue weighted by molar-refractivity contribution is 6.03. The number of carbonyl (C=O) groups excluding carboxylic acids is 3. The second-order valence-electron chi connectivity index (χ2n) is 12.2. The van der Waals surface area contributed by atoms with Gasteiger partial charge < -0.3 is 10.1 Å². The molecule has 13 heteroatoms. The largest absolute Gasteiger partial charge is 0.412 e. The fourth-order valence-electron chi connectivity index (χ4n) is 6.79. The van der Waals surface area contributed by atoms with Crippen LogP contribution in [0, 0.1) is 23.2 Å². The number of aromatic nitrogens is 2. The molecule has 0 aromatic carbocycles. The third kappa shape index (κ3) is 6.36. The molecule has 10 nitrogen and oxygen atoms in total. The van der Waals surface area contributed by atoms with Crippen LogP contribution in [0.4, 0.5) is 19.0 Å². The Morgan fingerprint density at radius 3 is 2.40 bits per heavy atom. The van der Waals surface area contributed by atoms with Crippen LogP contribution in [0.2, 0.25) is 0 Å². The number of nitrogens with one attached hydrogen (secondary N) is 1. The molecule has 2 saturated heterocycles. The van der Waals surface area contributed by atoms with Gasteiger partial charge in [0.05, 0.1) is 18.2 Å². The molecule has 2 aliphatic carbocycles. The predicted octanol–water partition coefficient (Wildman–Crippen LogP) is 3.89. The minimum atomic E-state index is -4.57. The lowest BCUT2D eigenvalue weighted by atomic mass is 9.82. The summed E-state index contributed by atoms with van der Waals surface area (Å²) in [5.41, 5.74) is -0.0979. The third-order valence-electron chi connectivity index (χ3n) is 9.47. The van der Waals surface area contributed by atoms with Crippen LogP contribution in [0.5, 0.6) is 0 Å². The van der Waals surface area contributed by atoms with Gasteiger partial charge in [-0.15, -0.1) is 0 Å². The van der Waals surface area contributed by atoms with Crippen molar-refractivity contribution in [3.8, 4) is 6.07 Å². The van der Waals surface area contributed by atoms with E-state index in [1.165, 1.54) is 11.3 Å². The molecule has 5 unspecified atom stereocenters. The van der Waals surface area contributed by atoms with Crippen LogP contribution in [-0.2, 0) is 14.3 Å². The van der Waals surface area contributed by atoms with E-state index in [1.54, 1.807) is 11.6 Å². The normalized spacial score (nSPS) is 28.7. The van der Waals surface area contributed by atoms with Gasteiger partial charge in [0.1, 0.15) is 17.6 Å². The number of hydrogen-bond acceptors (Lipinski definition) is 7. The molecule has 5 atom stereocenters. The summed E-state index contributed by atoms with van der Waals surface area (Å²) < 4.78 is 45.5. The lowest BCUT2D eigenvalue weighted by molar-refractivity contribution is -0.129. The molecule has 1 N–H and O–H groups in total. The first-order valence-electron chi connectivity index (χ1n) is 15.1. The van der Waals surface area contributed by atoms with E-state index in [-0.39, 0.29) is 29.6 Å². The van der Waals surface area contributed by atoms with Gasteiger partial charge in [0.2, 0.25) is 5.91 Å². The number of alkyl halides is 3. The van der Waals surface area contributed by atoms with Crippen LogP contribution in [0.3, 0.4) is 0 Å². The maximum Gasteiger partial charge on any atom is 0.412 e. The number of likely N-dealkylation sites (tertiary alicyclic amines) is 1. The topological polar surface area (TPSA) is 121 Å². The summed E-state index contributed by atoms with van der Waals surface area (Å²) in [4.78, 5) is 42.0. The maximum absolute atomic E-state index is 13.6. The lowest BCUT2D eigenvalue weighted by Gasteiger charge is -2.39. The van der Waals surface area contributed by atoms with Gasteiger partial charge in [-0.2, -0.15) is 23.5 Å². The molecular formula is C30H39F3N6O4. The Hall–Kier alpha value is -3.24. The van der Waals surface area contributed by atoms with Gasteiger partial charge in [-0.3, -0.25) is 24.2 Å². The summed E-state index contributed by atoms with van der Waals surface area (Å²) in [6.07, 6.45) is 0.679. The van der Waals surface area contributed by atoms with Gasteiger partial charge in [0.25, 0.3) is 5.91 Å². The monoisotopic (exact) mass is 604 g/mol. The van der Waals surface area contributed by atoms with E-state index in [4.69, 9.17) is 10.00 Å². The average Bonchev–Trinajstić information content (AvgIpc) is 3.91. The van der Waals surface area contributed by atoms with E-state index in [2.05, 4.69) is 35.0 Å². The Balaban J connectivity index is 0.000000345. The SMILES string of the molecule is C=C(CCC(=O)NC1C(=O)N(CC)c2c(c(C=O)nn2C2CCOCC2)C1C1CC1)C(F)(F)F.CN1C(C#N)CC2CC21. The van der Waals surface area contributed by atoms with Crippen LogP contribution in [0.1, 0.15) is 86.3 Å². The highest BCUT2D eigenvalue weighted by atomic mass is 19.4. The quantitative estimate of drug-likeness (QED) is 0.353. The highest BCUT2D eigenvalue weighted by Gasteiger charge is 2.52. The van der Waals surface area contributed by atoms with Crippen molar-refractivity contribution in [3.05, 3.63) is 23.4 Å². The molecule has 1 aromatic heterocycles. The Labute approximate surface area is 249 Å². The summed E-state index contributed by atoms with van der Waals surface area (Å²) in [6.45, 7) is 6.22. The molecule has 234 valence electrons. The van der Waals surface area contributed by atoms with Crippen molar-refractivity contribution in [3.63, 3.8) is 0 Å². The number of anilines is 1. The molecule has 4 fully saturated rings. The van der Waals surface area contributed by atoms with E-state index in [0.717, 1.165) is 31.2 Å². The number of fused-ring (bicyclic) bond motifs is 2. The molecule has 2 amide bonds. The number of likely N-dealkylation sites (N-methyl/N-ethyl adjacent to an activating group) is 1. The first kappa shape index (κ1) is 31.2. The summed E-state index contributed by atoms with van der Waals surface area (Å²) in [6, 6.07) is 2.33. The molecule has 0 bridgehead atoms. The smallest absolute Gasteiger partial charge is 0.381 e. The lowest BCUT2D eigenvalue weighted by Crippen LogP contribution is -2.56. The van der Waals surface area contributed by atoms with Gasteiger partial charge in [-0.25, -0.2) is 4.68 Å². The Morgan fingerprint density at radius 2 is 1.88 bits per heavy atom. The van der Waals surface area contributed by atoms with E-state index in [9.17, 15) is 27.6 Å². The van der Waals surface area contributed by atoms with E-state index in [1.807, 2.05) is 0 Å². The van der Waals surface area contributed by atoms with Crippen LogP contribution < -0.4 is 10.2 Å². The number of nitrogens with zero attached hydrogens (tertiary/aromatic N) is 5. The molecule has 5 aliphatic rings. The van der Waals surface area contributed by atoms with Gasteiger partial charge in [-0.05, 0) is 70.8 Å². The molecule has 43 heavy (non-hydrogen) atoms. The van der Waals surface area contributed by atoms with E-state index >= 15 is 0 Å². The van der Waals surface area contributed by atoms with E-state index < -0.39 is 42.5 Å². The summed E-state index contributed by atoms with van der Waals surface area (Å²) in [7, 11) is 2.06. The summed E-state index contributed by atoms with van der Waals surface area (Å²) in [5, 5.41) is 15.8. The fraction of sp³-hybridized carbons (Fsp3) is 0.700. The number of nitriles is 1. The zero-order valence-corrected chi connectivity index (χ0v) is 24.6. The van der Waals surface area contributed by atoms with Crippen molar-refractivity contribution in [1.29, 1.82) is 5.26 Å². The fourth-order valence-corrected chi connectivity index (χ4v) is 6.79. The molecule has 0 spiro atoms. The minimum Gasteiger partial charge on any atom is -0.381 e. The van der Waals surface area contributed by atoms with Gasteiger partial charge >= 0.3 is 6.18 Å². The van der Waals surface area contributed by atoms with Crippen molar-refractivity contribution in [2.24, 2.45) is 11.8 Å². The van der Waals surface area contributed by atoms with Crippen LogP contribution >= 0.6 is 0 Å². The number of ether oxygens (including phenoxy) is 1. The van der Waals surface area contributed by atoms with Gasteiger partial charge in [-0.1, -0.05) is 6.58 Å². The van der Waals surface area contributed by atoms with Crippen molar-refractivity contribution >= 4 is 23.9 Å². The van der Waals surface area contributed by atoms with Crippen molar-refractivity contribution < 1.29 is 32.3 Å². The van der Waals surface area contributed by atoms with Crippen LogP contribution in [0.15, 0.2) is 12.2 Å². The molecule has 6 rings (SSSR count). The molecular weight excluding hydrogens is 565 g/mol. The molecule has 2 saturated carbocycles. The molecule has 3 aliphatic heterocycles. The number of amides is 2. The van der Waals surface area contributed by atoms with Crippen LogP contribution in [-0.4, -0.2) is 83.9 Å². The summed E-state index contributed by atoms with van der Waals surface area (Å²) in [5.74, 6) is 0.116. The second kappa shape index (κ2) is 12.4. The Kier molecular flexibility index (Phi) is 9.00. The summed E-state index contributed by atoms with van der Waals surface area (Å²) >= 11 is 0. The standard InChI is InChI=1S/C23H29F3N4O4.C7H10N2/c1-3-29-21-19(16(12-31)28-30(21)15-8-10-34-11-9-15)18(14-5-6-14)20(22(29)33)27-17(32)7-4-13(2)23(24,25)26;1-9-6(4-8)2-5-3-7(5)9/h12,14-15,18,20H,2-11H2,1H3,(H,27,32);5-7H,2-3H2,1H3. The Morgan fingerprint density at radius 1 is 1.19 bits per heavy atom. The van der Waals surface area contributed by atoms with E-state index in [0.29, 0.717) is 50.3 Å². The predicted molar refractivity (Wildman–Crippen MR) is 150 cm³/mol. The molecule has 1 aromatic rings. The number of piperidine rings is 1. The van der Waals surface area contributed by atoms with Crippen LogP contribution in [0.25, 0.3) is 0 Å². The van der Waals surface area contributed by atoms with Crippen molar-refractivity contribution in [1.82, 2.24) is 20.0 Å². The minimum absolute atomic E-state index is 0.0163. The number of carbonyl (C=O) groups is 3. The zero-order valence-electron chi connectivity index (χ0n) is 24.6. The molecule has 0 radical (unpaired) electrons. The molecule has 4 heterocycles. The first-order chi connectivity index (χ1) is 20.5. The Bertz CT molecular complexity index is 1300. The first-order valence-corrected chi connectivity index (χ1v) is 15.1. The maximum atomic E-state index is 13.6. The van der Waals surface area contributed by atoms with Crippen molar-refractivity contribution in [2.75, 3.05) is 31.7 Å². The average molecular weight is 605 g/mol. The number of hydrogen-bond donors (Lipinski definition) is 1. The van der Waals surface area contributed by atoms with Crippen molar-refractivity contribution in [2.45, 2.75) is 94.6 Å². The zero-order chi connectivity index (χ0) is 31.1. The number of aldehydes is 1. The highest BCUT2D eigenvalue weighted by Crippen LogP contribution is 2.51. The van der Waals surface area contributed by atoms with Gasteiger partial charge in [0, 0.05) is 49.3 Å². The number of allylic oxidation sites excluding steroid dienone is 1. The van der Waals surface area contributed by atoms with Gasteiger partial charge in [0.15, 0.2) is 6.29 Å². The number of rotatable bonds is 8.